The van der Waals surface area contributed by atoms with Gasteiger partial charge in [-0.15, -0.1) is 0 Å². The lowest BCUT2D eigenvalue weighted by Gasteiger charge is -2.36. The molecule has 0 aliphatic carbocycles. The number of aliphatic hydroxyl groups is 1. The second-order valence-corrected chi connectivity index (χ2v) is 9.91. The summed E-state index contributed by atoms with van der Waals surface area (Å²) in [4.78, 5) is 25.6. The van der Waals surface area contributed by atoms with Gasteiger partial charge in [0.05, 0.1) is 32.5 Å². The number of ether oxygens (including phenoxy) is 2. The van der Waals surface area contributed by atoms with Crippen LogP contribution in [0.15, 0.2) is 42.6 Å². The van der Waals surface area contributed by atoms with E-state index in [-0.39, 0.29) is 12.0 Å². The molecule has 2 aliphatic heterocycles. The van der Waals surface area contributed by atoms with Gasteiger partial charge in [0.2, 0.25) is 0 Å². The Morgan fingerprint density at radius 2 is 2.06 bits per heavy atom. The van der Waals surface area contributed by atoms with Crippen molar-refractivity contribution in [3.05, 3.63) is 53.9 Å². The number of hydrogen-bond donors (Lipinski definition) is 2. The molecule has 184 valence electrons. The number of nitrogens with zero attached hydrogens (tertiary/aromatic N) is 3. The number of carbonyl (C=O) groups excluding carboxylic acids is 1. The largest absolute Gasteiger partial charge is 0.497 e. The lowest BCUT2D eigenvalue weighted by molar-refractivity contribution is -0.177. The molecule has 3 atom stereocenters. The van der Waals surface area contributed by atoms with Gasteiger partial charge in [-0.1, -0.05) is 12.1 Å². The van der Waals surface area contributed by atoms with E-state index in [0.29, 0.717) is 26.2 Å². The Balaban J connectivity index is 1.68. The number of benzene rings is 1. The number of methoxy groups -OCH3 is 1. The monoisotopic (exact) mass is 470 g/mol. The molecule has 3 unspecified atom stereocenters. The number of pyridine rings is 1. The summed E-state index contributed by atoms with van der Waals surface area (Å²) in [6, 6.07) is 11.6. The number of aliphatic hydroxyl groups excluding tert-OH is 1. The van der Waals surface area contributed by atoms with Crippen LogP contribution in [-0.4, -0.2) is 64.8 Å². The molecule has 9 nitrogen and oxygen atoms in total. The lowest BCUT2D eigenvalue weighted by atomic mass is 9.84. The fraction of sp³-hybridized carbons (Fsp3) is 0.520. The van der Waals surface area contributed by atoms with Gasteiger partial charge in [0.1, 0.15) is 23.1 Å². The molecule has 0 spiro atoms. The molecule has 1 aromatic heterocycles. The van der Waals surface area contributed by atoms with Gasteiger partial charge in [-0.25, -0.2) is 4.79 Å². The first kappa shape index (κ1) is 24.3. The van der Waals surface area contributed by atoms with Gasteiger partial charge in [0.15, 0.2) is 0 Å². The molecule has 2 fully saturated rings. The average molecular weight is 471 g/mol. The van der Waals surface area contributed by atoms with E-state index >= 15 is 0 Å². The van der Waals surface area contributed by atoms with Crippen molar-refractivity contribution in [1.82, 2.24) is 14.9 Å². The van der Waals surface area contributed by atoms with Crippen molar-refractivity contribution in [1.29, 1.82) is 0 Å². The van der Waals surface area contributed by atoms with E-state index in [2.05, 4.69) is 5.32 Å². The number of hydrogen-bond acceptors (Lipinski definition) is 8. The Labute approximate surface area is 200 Å². The topological polar surface area (TPSA) is 96.4 Å². The molecule has 0 bridgehead atoms. The number of carbonyl (C=O) groups is 1. The number of likely N-dealkylation sites (tertiary alicyclic amines) is 1. The van der Waals surface area contributed by atoms with Crippen LogP contribution in [0.5, 0.6) is 5.75 Å². The van der Waals surface area contributed by atoms with Crippen LogP contribution in [-0.2, 0) is 21.7 Å². The molecular weight excluding hydrogens is 436 g/mol. The van der Waals surface area contributed by atoms with E-state index in [1.807, 2.05) is 62.2 Å². The van der Waals surface area contributed by atoms with Gasteiger partial charge in [-0.2, -0.15) is 5.06 Å². The van der Waals surface area contributed by atoms with E-state index < -0.39 is 17.4 Å². The van der Waals surface area contributed by atoms with Gasteiger partial charge in [-0.3, -0.25) is 9.82 Å². The van der Waals surface area contributed by atoms with Crippen LogP contribution in [0, 0.1) is 5.92 Å². The predicted molar refractivity (Wildman–Crippen MR) is 127 cm³/mol. The van der Waals surface area contributed by atoms with E-state index in [0.717, 1.165) is 22.7 Å². The molecule has 2 aromatic rings. The fourth-order valence-corrected chi connectivity index (χ4v) is 4.64. The van der Waals surface area contributed by atoms with Crippen molar-refractivity contribution in [3.8, 4) is 5.75 Å². The first-order chi connectivity index (χ1) is 16.1. The third kappa shape index (κ3) is 4.96. The molecule has 4 rings (SSSR count). The Morgan fingerprint density at radius 3 is 2.71 bits per heavy atom. The minimum Gasteiger partial charge on any atom is -0.497 e. The zero-order chi connectivity index (χ0) is 24.5. The van der Waals surface area contributed by atoms with Crippen molar-refractivity contribution < 1.29 is 24.2 Å². The minimum atomic E-state index is -0.708. The van der Waals surface area contributed by atoms with Crippen LogP contribution in [0.25, 0.3) is 0 Å². The maximum atomic E-state index is 13.0. The Hall–Kier alpha value is -2.88. The summed E-state index contributed by atoms with van der Waals surface area (Å²) >= 11 is 0. The quantitative estimate of drug-likeness (QED) is 0.621. The standard InChI is InChI=1S/C25H34N4O5/c1-17(30)27-20-10-11-26-22(12-20)25-16-28(23(31)34-24(2,3)4)14-19(25)15-33-29(25)13-18-6-8-21(32-5)9-7-18/h6-12,17,19,30H,13-16H2,1-5H3,(H,26,27). The first-order valence-electron chi connectivity index (χ1n) is 11.5. The van der Waals surface area contributed by atoms with Crippen LogP contribution in [0.2, 0.25) is 0 Å². The van der Waals surface area contributed by atoms with E-state index in [9.17, 15) is 9.90 Å². The third-order valence-corrected chi connectivity index (χ3v) is 6.14. The maximum absolute atomic E-state index is 13.0. The normalized spacial score (nSPS) is 23.5. The number of hydroxylamine groups is 2. The third-order valence-electron chi connectivity index (χ3n) is 6.14. The predicted octanol–water partition coefficient (Wildman–Crippen LogP) is 3.35. The number of nitrogens with one attached hydrogen (secondary N) is 1. The summed E-state index contributed by atoms with van der Waals surface area (Å²) in [5.74, 6) is 0.793. The summed E-state index contributed by atoms with van der Waals surface area (Å²) in [5, 5.41) is 14.8. The zero-order valence-corrected chi connectivity index (χ0v) is 20.4. The SMILES string of the molecule is COc1ccc(CN2OCC3CN(C(=O)OC(C)(C)C)CC32c2cc(NC(C)O)ccn2)cc1. The second kappa shape index (κ2) is 9.40. The van der Waals surface area contributed by atoms with Crippen LogP contribution in [0.3, 0.4) is 0 Å². The highest BCUT2D eigenvalue weighted by Crippen LogP contribution is 2.47. The Kier molecular flexibility index (Phi) is 6.71. The number of amides is 1. The van der Waals surface area contributed by atoms with Crippen molar-refractivity contribution >= 4 is 11.8 Å². The molecule has 2 saturated heterocycles. The molecule has 2 aliphatic rings. The zero-order valence-electron chi connectivity index (χ0n) is 20.4. The smallest absolute Gasteiger partial charge is 0.410 e. The minimum absolute atomic E-state index is 0.00701. The van der Waals surface area contributed by atoms with Crippen LogP contribution < -0.4 is 10.1 Å². The van der Waals surface area contributed by atoms with Crippen molar-refractivity contribution in [3.63, 3.8) is 0 Å². The van der Waals surface area contributed by atoms with Crippen molar-refractivity contribution in [2.24, 2.45) is 5.92 Å². The van der Waals surface area contributed by atoms with Crippen LogP contribution in [0.4, 0.5) is 10.5 Å². The number of fused-ring (bicyclic) bond motifs is 1. The van der Waals surface area contributed by atoms with E-state index in [4.69, 9.17) is 19.3 Å². The molecule has 1 aromatic carbocycles. The highest BCUT2D eigenvalue weighted by molar-refractivity contribution is 5.69. The maximum Gasteiger partial charge on any atom is 0.410 e. The molecule has 1 amide bonds. The summed E-state index contributed by atoms with van der Waals surface area (Å²) in [5.41, 5.74) is 1.34. The highest BCUT2D eigenvalue weighted by atomic mass is 16.7. The first-order valence-corrected chi connectivity index (χ1v) is 11.5. The number of aromatic nitrogens is 1. The summed E-state index contributed by atoms with van der Waals surface area (Å²) in [6.45, 7) is 9.12. The molecule has 34 heavy (non-hydrogen) atoms. The lowest BCUT2D eigenvalue weighted by Crippen LogP contribution is -2.47. The highest BCUT2D eigenvalue weighted by Gasteiger charge is 2.59. The van der Waals surface area contributed by atoms with Gasteiger partial charge in [0.25, 0.3) is 0 Å². The molecule has 9 heteroatoms. The molecule has 0 radical (unpaired) electrons. The van der Waals surface area contributed by atoms with Gasteiger partial charge in [-0.05, 0) is 57.5 Å². The van der Waals surface area contributed by atoms with Crippen LogP contribution in [0.1, 0.15) is 39.0 Å². The van der Waals surface area contributed by atoms with E-state index in [1.54, 1.807) is 25.1 Å². The summed E-state index contributed by atoms with van der Waals surface area (Å²) in [7, 11) is 1.64. The molecule has 0 saturated carbocycles. The molecule has 3 heterocycles. The summed E-state index contributed by atoms with van der Waals surface area (Å²) < 4.78 is 11.0. The Bertz CT molecular complexity index is 1010. The molecule has 2 N–H and O–H groups in total. The number of anilines is 1. The Morgan fingerprint density at radius 1 is 1.32 bits per heavy atom. The number of rotatable bonds is 6. The van der Waals surface area contributed by atoms with Gasteiger partial charge >= 0.3 is 6.09 Å². The van der Waals surface area contributed by atoms with Crippen LogP contribution >= 0.6 is 0 Å². The van der Waals surface area contributed by atoms with Crippen molar-refractivity contribution in [2.45, 2.75) is 51.6 Å². The van der Waals surface area contributed by atoms with Gasteiger partial charge < -0.3 is 24.8 Å². The van der Waals surface area contributed by atoms with E-state index in [1.165, 1.54) is 0 Å². The van der Waals surface area contributed by atoms with Gasteiger partial charge in [0, 0.05) is 24.3 Å². The molecular formula is C25H34N4O5. The summed E-state index contributed by atoms with van der Waals surface area (Å²) in [6.07, 6.45) is 0.663. The van der Waals surface area contributed by atoms with Crippen molar-refractivity contribution in [2.75, 3.05) is 32.1 Å². The average Bonchev–Trinajstić information content (AvgIpc) is 3.31. The fourth-order valence-electron chi connectivity index (χ4n) is 4.64. The second-order valence-electron chi connectivity index (χ2n) is 9.91.